The Hall–Kier alpha value is -3.09. The Morgan fingerprint density at radius 1 is 1.12 bits per heavy atom. The third-order valence-corrected chi connectivity index (χ3v) is 3.34. The van der Waals surface area contributed by atoms with Gasteiger partial charge < -0.3 is 9.84 Å². The fourth-order valence-corrected chi connectivity index (χ4v) is 2.13. The van der Waals surface area contributed by atoms with E-state index in [1.807, 2.05) is 0 Å². The van der Waals surface area contributed by atoms with E-state index in [1.54, 1.807) is 37.3 Å². The van der Waals surface area contributed by atoms with Crippen LogP contribution >= 0.6 is 0 Å². The van der Waals surface area contributed by atoms with Crippen LogP contribution in [0.15, 0.2) is 65.2 Å². The molecule has 0 amide bonds. The molecule has 0 radical (unpaired) electrons. The topological polar surface area (TPSA) is 58.9 Å². The molecule has 0 saturated heterocycles. The summed E-state index contributed by atoms with van der Waals surface area (Å²) in [7, 11) is 0. The first-order valence-corrected chi connectivity index (χ1v) is 7.70. The molecule has 0 aliphatic carbocycles. The molecule has 4 nitrogen and oxygen atoms in total. The number of nitrogens with zero attached hydrogens (tertiary/aromatic N) is 1. The number of aliphatic imine (C=N–C) groups is 1. The molecule has 0 heterocycles. The molecule has 2 rings (SSSR count). The van der Waals surface area contributed by atoms with Gasteiger partial charge in [-0.1, -0.05) is 42.5 Å². The van der Waals surface area contributed by atoms with Crippen molar-refractivity contribution in [1.82, 2.24) is 0 Å². The number of esters is 1. The molecule has 0 aromatic heterocycles. The first-order chi connectivity index (χ1) is 12.3. The highest BCUT2D eigenvalue weighted by molar-refractivity contribution is 6.15. The molecular formula is C19H16F3NO3. The minimum absolute atomic E-state index is 0.0391. The zero-order chi connectivity index (χ0) is 19.2. The van der Waals surface area contributed by atoms with E-state index in [1.165, 1.54) is 18.2 Å². The maximum Gasteiger partial charge on any atom is 0.418 e. The van der Waals surface area contributed by atoms with Crippen LogP contribution in [0.4, 0.5) is 18.9 Å². The van der Waals surface area contributed by atoms with Crippen LogP contribution in [0.2, 0.25) is 0 Å². The Morgan fingerprint density at radius 2 is 1.73 bits per heavy atom. The van der Waals surface area contributed by atoms with Gasteiger partial charge in [-0.05, 0) is 19.1 Å². The van der Waals surface area contributed by atoms with Crippen molar-refractivity contribution in [3.8, 4) is 0 Å². The Morgan fingerprint density at radius 3 is 2.35 bits per heavy atom. The van der Waals surface area contributed by atoms with Crippen molar-refractivity contribution in [1.29, 1.82) is 0 Å². The first kappa shape index (κ1) is 19.2. The largest absolute Gasteiger partial charge is 0.506 e. The number of aliphatic hydroxyl groups is 1. The van der Waals surface area contributed by atoms with Gasteiger partial charge in [0.15, 0.2) is 0 Å². The predicted octanol–water partition coefficient (Wildman–Crippen LogP) is 4.94. The van der Waals surface area contributed by atoms with Gasteiger partial charge in [0.25, 0.3) is 0 Å². The molecule has 7 heteroatoms. The molecule has 0 spiro atoms. The number of hydrogen-bond donors (Lipinski definition) is 1. The number of halogens is 3. The number of carbonyl (C=O) groups excluding carboxylic acids is 1. The summed E-state index contributed by atoms with van der Waals surface area (Å²) in [5.41, 5.74) is -1.34. The van der Waals surface area contributed by atoms with Crippen molar-refractivity contribution >= 4 is 23.6 Å². The van der Waals surface area contributed by atoms with E-state index in [2.05, 4.69) is 4.99 Å². The second-order valence-electron chi connectivity index (χ2n) is 5.12. The lowest BCUT2D eigenvalue weighted by Crippen LogP contribution is -2.11. The van der Waals surface area contributed by atoms with Crippen LogP contribution in [0.5, 0.6) is 0 Å². The van der Waals surface area contributed by atoms with Crippen LogP contribution in [-0.4, -0.2) is 23.9 Å². The molecule has 2 aromatic rings. The highest BCUT2D eigenvalue weighted by Crippen LogP contribution is 2.36. The minimum atomic E-state index is -4.59. The zero-order valence-electron chi connectivity index (χ0n) is 13.8. The van der Waals surface area contributed by atoms with E-state index in [0.717, 1.165) is 12.3 Å². The van der Waals surface area contributed by atoms with E-state index < -0.39 is 23.5 Å². The summed E-state index contributed by atoms with van der Waals surface area (Å²) in [6.45, 7) is 1.61. The van der Waals surface area contributed by atoms with Gasteiger partial charge in [0, 0.05) is 11.8 Å². The molecule has 0 atom stereocenters. The van der Waals surface area contributed by atoms with E-state index in [4.69, 9.17) is 4.74 Å². The maximum atomic E-state index is 13.0. The monoisotopic (exact) mass is 363 g/mol. The van der Waals surface area contributed by atoms with Crippen molar-refractivity contribution < 1.29 is 27.8 Å². The predicted molar refractivity (Wildman–Crippen MR) is 92.2 cm³/mol. The summed E-state index contributed by atoms with van der Waals surface area (Å²) in [4.78, 5) is 15.9. The van der Waals surface area contributed by atoms with Crippen LogP contribution in [0.25, 0.3) is 5.76 Å². The van der Waals surface area contributed by atoms with E-state index in [-0.39, 0.29) is 17.9 Å². The summed E-state index contributed by atoms with van der Waals surface area (Å²) in [6.07, 6.45) is -3.71. The maximum absolute atomic E-state index is 13.0. The molecule has 0 saturated carbocycles. The molecule has 0 bridgehead atoms. The molecule has 2 aromatic carbocycles. The van der Waals surface area contributed by atoms with E-state index in [9.17, 15) is 23.1 Å². The molecular weight excluding hydrogens is 347 g/mol. The highest BCUT2D eigenvalue weighted by Gasteiger charge is 2.33. The van der Waals surface area contributed by atoms with Gasteiger partial charge in [-0.3, -0.25) is 4.99 Å². The average Bonchev–Trinajstić information content (AvgIpc) is 2.62. The number of carbonyl (C=O) groups is 1. The van der Waals surface area contributed by atoms with Crippen molar-refractivity contribution in [2.75, 3.05) is 6.61 Å². The van der Waals surface area contributed by atoms with Crippen molar-refractivity contribution in [2.45, 2.75) is 13.1 Å². The Balaban J connectivity index is 2.50. The second-order valence-corrected chi connectivity index (χ2v) is 5.12. The Bertz CT molecular complexity index is 827. The summed E-state index contributed by atoms with van der Waals surface area (Å²) >= 11 is 0. The van der Waals surface area contributed by atoms with Gasteiger partial charge in [-0.2, -0.15) is 13.2 Å². The lowest BCUT2D eigenvalue weighted by molar-refractivity contribution is -0.138. The molecule has 0 aliphatic rings. The third kappa shape index (κ3) is 4.72. The second kappa shape index (κ2) is 8.33. The van der Waals surface area contributed by atoms with Gasteiger partial charge in [0.1, 0.15) is 11.3 Å². The smallest absolute Gasteiger partial charge is 0.418 e. The molecule has 136 valence electrons. The number of hydrogen-bond acceptors (Lipinski definition) is 4. The summed E-state index contributed by atoms with van der Waals surface area (Å²) < 4.78 is 44.0. The summed E-state index contributed by atoms with van der Waals surface area (Å²) in [5.74, 6) is -1.32. The van der Waals surface area contributed by atoms with Gasteiger partial charge in [0.2, 0.25) is 0 Å². The normalized spacial score (nSPS) is 12.8. The fourth-order valence-electron chi connectivity index (χ4n) is 2.13. The number of rotatable bonds is 5. The number of ether oxygens (including phenoxy) is 1. The van der Waals surface area contributed by atoms with E-state index >= 15 is 0 Å². The number of benzene rings is 2. The Labute approximate surface area is 148 Å². The minimum Gasteiger partial charge on any atom is -0.506 e. The molecule has 0 fully saturated rings. The van der Waals surface area contributed by atoms with Crippen LogP contribution < -0.4 is 0 Å². The standard InChI is InChI=1S/C19H16F3NO3/c1-2-26-18(25)14(17(24)13-8-4-3-5-9-13)12-23-16-11-7-6-10-15(16)19(20,21)22/h3-12,24H,2H2,1H3/b17-14+,23-12?. The molecule has 0 aliphatic heterocycles. The van der Waals surface area contributed by atoms with Crippen molar-refractivity contribution in [3.63, 3.8) is 0 Å². The third-order valence-electron chi connectivity index (χ3n) is 3.34. The SMILES string of the molecule is CCOC(=O)/C(C=Nc1ccccc1C(F)(F)F)=C(/O)c1ccccc1. The molecule has 1 N–H and O–H groups in total. The first-order valence-electron chi connectivity index (χ1n) is 7.70. The lowest BCUT2D eigenvalue weighted by atomic mass is 10.1. The lowest BCUT2D eigenvalue weighted by Gasteiger charge is -2.10. The average molecular weight is 363 g/mol. The van der Waals surface area contributed by atoms with Crippen LogP contribution in [-0.2, 0) is 15.7 Å². The molecule has 26 heavy (non-hydrogen) atoms. The highest BCUT2D eigenvalue weighted by atomic mass is 19.4. The van der Waals surface area contributed by atoms with Crippen LogP contribution in [0, 0.1) is 0 Å². The van der Waals surface area contributed by atoms with Crippen LogP contribution in [0.1, 0.15) is 18.1 Å². The van der Waals surface area contributed by atoms with Gasteiger partial charge in [0.05, 0.1) is 17.9 Å². The number of aliphatic hydroxyl groups excluding tert-OH is 1. The summed E-state index contributed by atoms with van der Waals surface area (Å²) in [6, 6.07) is 12.8. The van der Waals surface area contributed by atoms with Gasteiger partial charge >= 0.3 is 12.1 Å². The number of para-hydroxylation sites is 1. The van der Waals surface area contributed by atoms with Crippen molar-refractivity contribution in [2.24, 2.45) is 4.99 Å². The van der Waals surface area contributed by atoms with E-state index in [0.29, 0.717) is 5.56 Å². The fraction of sp³-hybridized carbons (Fsp3) is 0.158. The van der Waals surface area contributed by atoms with Gasteiger partial charge in [-0.15, -0.1) is 0 Å². The quantitative estimate of drug-likeness (QED) is 0.354. The van der Waals surface area contributed by atoms with Gasteiger partial charge in [-0.25, -0.2) is 4.79 Å². The Kier molecular flexibility index (Phi) is 6.16. The number of alkyl halides is 3. The zero-order valence-corrected chi connectivity index (χ0v) is 13.8. The van der Waals surface area contributed by atoms with Crippen molar-refractivity contribution in [3.05, 3.63) is 71.3 Å². The summed E-state index contributed by atoms with van der Waals surface area (Å²) in [5, 5.41) is 10.3. The molecule has 0 unspecified atom stereocenters. The van der Waals surface area contributed by atoms with Crippen LogP contribution in [0.3, 0.4) is 0 Å².